The van der Waals surface area contributed by atoms with Gasteiger partial charge in [-0.2, -0.15) is 0 Å². The van der Waals surface area contributed by atoms with Crippen molar-refractivity contribution >= 4 is 11.8 Å². The molecule has 2 N–H and O–H groups in total. The Morgan fingerprint density at radius 3 is 2.65 bits per heavy atom. The van der Waals surface area contributed by atoms with E-state index in [1.807, 2.05) is 67.3 Å². The maximum atomic E-state index is 13.3. The highest BCUT2D eigenvalue weighted by Gasteiger charge is 2.26. The zero-order valence-electron chi connectivity index (χ0n) is 21.9. The predicted octanol–water partition coefficient (Wildman–Crippen LogP) is 4.10. The van der Waals surface area contributed by atoms with Crippen LogP contribution in [0.25, 0.3) is 0 Å². The number of hydrogen-bond donors (Lipinski definition) is 2. The minimum absolute atomic E-state index is 0.108. The van der Waals surface area contributed by atoms with Gasteiger partial charge >= 0.3 is 0 Å². The molecule has 7 nitrogen and oxygen atoms in total. The van der Waals surface area contributed by atoms with Crippen LogP contribution in [0.4, 0.5) is 0 Å². The van der Waals surface area contributed by atoms with Crippen molar-refractivity contribution in [3.8, 4) is 11.6 Å². The van der Waals surface area contributed by atoms with Gasteiger partial charge in [-0.25, -0.2) is 4.98 Å². The molecule has 194 valence electrons. The van der Waals surface area contributed by atoms with Crippen molar-refractivity contribution in [3.05, 3.63) is 88.6 Å². The standard InChI is InChI=1S/C30H36N4O3/c1-21-17-22(2)33-30(27(21)20-32-23(3)35)37-28-12-8-7-11-25(28)13-14-29(36)34-16-15-31-19-26(34)18-24-9-5-4-6-10-24/h4-12,17,26,31H,13-16,18-20H2,1-3H3,(H,32,35). The third kappa shape index (κ3) is 7.17. The van der Waals surface area contributed by atoms with Crippen molar-refractivity contribution in [2.45, 2.75) is 52.6 Å². The summed E-state index contributed by atoms with van der Waals surface area (Å²) in [5.74, 6) is 1.21. The number of nitrogens with zero attached hydrogens (tertiary/aromatic N) is 2. The van der Waals surface area contributed by atoms with E-state index >= 15 is 0 Å². The Bertz CT molecular complexity index is 1230. The summed E-state index contributed by atoms with van der Waals surface area (Å²) in [4.78, 5) is 31.5. The maximum Gasteiger partial charge on any atom is 0.224 e. The molecule has 1 saturated heterocycles. The summed E-state index contributed by atoms with van der Waals surface area (Å²) in [5, 5.41) is 6.28. The van der Waals surface area contributed by atoms with Gasteiger partial charge < -0.3 is 20.3 Å². The van der Waals surface area contributed by atoms with Crippen LogP contribution in [0.2, 0.25) is 0 Å². The minimum Gasteiger partial charge on any atom is -0.438 e. The third-order valence-electron chi connectivity index (χ3n) is 6.72. The second kappa shape index (κ2) is 12.5. The third-order valence-corrected chi connectivity index (χ3v) is 6.72. The topological polar surface area (TPSA) is 83.6 Å². The van der Waals surface area contributed by atoms with Crippen LogP contribution in [0.1, 0.15) is 41.3 Å². The average molecular weight is 501 g/mol. The summed E-state index contributed by atoms with van der Waals surface area (Å²) in [6, 6.07) is 20.2. The predicted molar refractivity (Wildman–Crippen MR) is 145 cm³/mol. The maximum absolute atomic E-state index is 13.3. The largest absolute Gasteiger partial charge is 0.438 e. The number of nitrogens with one attached hydrogen (secondary N) is 2. The van der Waals surface area contributed by atoms with Gasteiger partial charge in [0.25, 0.3) is 0 Å². The van der Waals surface area contributed by atoms with Crippen LogP contribution in [-0.2, 0) is 29.0 Å². The minimum atomic E-state index is -0.108. The van der Waals surface area contributed by atoms with Crippen molar-refractivity contribution < 1.29 is 14.3 Å². The number of carbonyl (C=O) groups is 2. The lowest BCUT2D eigenvalue weighted by molar-refractivity contribution is -0.134. The van der Waals surface area contributed by atoms with Crippen molar-refractivity contribution in [3.63, 3.8) is 0 Å². The van der Waals surface area contributed by atoms with Crippen molar-refractivity contribution in [1.82, 2.24) is 20.5 Å². The van der Waals surface area contributed by atoms with Crippen molar-refractivity contribution in [2.24, 2.45) is 0 Å². The molecule has 37 heavy (non-hydrogen) atoms. The number of aromatic nitrogens is 1. The number of amides is 2. The van der Waals surface area contributed by atoms with E-state index < -0.39 is 0 Å². The van der Waals surface area contributed by atoms with Crippen LogP contribution in [0.5, 0.6) is 11.6 Å². The number of ether oxygens (including phenoxy) is 1. The highest BCUT2D eigenvalue weighted by Crippen LogP contribution is 2.30. The number of piperazine rings is 1. The Balaban J connectivity index is 1.46. The first kappa shape index (κ1) is 26.4. The molecular formula is C30H36N4O3. The van der Waals surface area contributed by atoms with Gasteiger partial charge in [0.1, 0.15) is 5.75 Å². The van der Waals surface area contributed by atoms with Gasteiger partial charge in [0.15, 0.2) is 0 Å². The van der Waals surface area contributed by atoms with Gasteiger partial charge in [-0.1, -0.05) is 48.5 Å². The van der Waals surface area contributed by atoms with E-state index in [2.05, 4.69) is 27.8 Å². The van der Waals surface area contributed by atoms with Crippen LogP contribution >= 0.6 is 0 Å². The molecule has 1 atom stereocenters. The summed E-state index contributed by atoms with van der Waals surface area (Å²) in [7, 11) is 0. The molecule has 0 aliphatic carbocycles. The van der Waals surface area contributed by atoms with Crippen LogP contribution in [0.15, 0.2) is 60.7 Å². The molecule has 0 spiro atoms. The number of pyridine rings is 1. The number of hydrogen-bond acceptors (Lipinski definition) is 5. The molecule has 0 saturated carbocycles. The van der Waals surface area contributed by atoms with Gasteiger partial charge in [-0.3, -0.25) is 9.59 Å². The van der Waals surface area contributed by atoms with E-state index in [-0.39, 0.29) is 17.9 Å². The molecule has 1 aliphatic rings. The van der Waals surface area contributed by atoms with Crippen molar-refractivity contribution in [2.75, 3.05) is 19.6 Å². The van der Waals surface area contributed by atoms with Gasteiger partial charge in [0, 0.05) is 56.8 Å². The molecule has 2 aromatic carbocycles. The Morgan fingerprint density at radius 2 is 1.86 bits per heavy atom. The molecule has 1 unspecified atom stereocenters. The van der Waals surface area contributed by atoms with Crippen LogP contribution in [-0.4, -0.2) is 47.4 Å². The Morgan fingerprint density at radius 1 is 1.11 bits per heavy atom. The zero-order chi connectivity index (χ0) is 26.2. The molecule has 1 fully saturated rings. The first-order valence-electron chi connectivity index (χ1n) is 12.9. The fraction of sp³-hybridized carbons (Fsp3) is 0.367. The Kier molecular flexibility index (Phi) is 8.90. The van der Waals surface area contributed by atoms with E-state index in [0.717, 1.165) is 41.9 Å². The number of rotatable bonds is 9. The molecular weight excluding hydrogens is 464 g/mol. The molecule has 1 aliphatic heterocycles. The fourth-order valence-electron chi connectivity index (χ4n) is 4.80. The first-order valence-corrected chi connectivity index (χ1v) is 12.9. The lowest BCUT2D eigenvalue weighted by atomic mass is 10.0. The SMILES string of the molecule is CC(=O)NCc1c(C)cc(C)nc1Oc1ccccc1CCC(=O)N1CCNCC1Cc1ccccc1. The van der Waals surface area contributed by atoms with Gasteiger partial charge in [0.2, 0.25) is 17.7 Å². The molecule has 1 aromatic heterocycles. The van der Waals surface area contributed by atoms with E-state index in [4.69, 9.17) is 4.74 Å². The van der Waals surface area contributed by atoms with E-state index in [9.17, 15) is 9.59 Å². The second-order valence-corrected chi connectivity index (χ2v) is 9.62. The normalized spacial score (nSPS) is 15.3. The monoisotopic (exact) mass is 500 g/mol. The molecule has 2 heterocycles. The van der Waals surface area contributed by atoms with Gasteiger partial charge in [0.05, 0.1) is 0 Å². The smallest absolute Gasteiger partial charge is 0.224 e. The summed E-state index contributed by atoms with van der Waals surface area (Å²) < 4.78 is 6.32. The fourth-order valence-corrected chi connectivity index (χ4v) is 4.80. The number of para-hydroxylation sites is 1. The van der Waals surface area contributed by atoms with Crippen LogP contribution in [0.3, 0.4) is 0 Å². The Hall–Kier alpha value is -3.71. The van der Waals surface area contributed by atoms with E-state index in [0.29, 0.717) is 37.6 Å². The summed E-state index contributed by atoms with van der Waals surface area (Å²) in [6.07, 6.45) is 1.82. The average Bonchev–Trinajstić information content (AvgIpc) is 2.88. The zero-order valence-corrected chi connectivity index (χ0v) is 21.9. The summed E-state index contributed by atoms with van der Waals surface area (Å²) in [5.41, 5.74) is 4.89. The molecule has 0 radical (unpaired) electrons. The molecule has 0 bridgehead atoms. The van der Waals surface area contributed by atoms with E-state index in [1.54, 1.807) is 0 Å². The number of benzene rings is 2. The quantitative estimate of drug-likeness (QED) is 0.462. The molecule has 2 amide bonds. The van der Waals surface area contributed by atoms with Gasteiger partial charge in [-0.05, 0) is 55.5 Å². The van der Waals surface area contributed by atoms with Crippen LogP contribution in [0, 0.1) is 13.8 Å². The second-order valence-electron chi connectivity index (χ2n) is 9.62. The molecule has 3 aromatic rings. The summed E-state index contributed by atoms with van der Waals surface area (Å²) >= 11 is 0. The lowest BCUT2D eigenvalue weighted by Crippen LogP contribution is -2.54. The van der Waals surface area contributed by atoms with E-state index in [1.165, 1.54) is 12.5 Å². The number of carbonyl (C=O) groups excluding carboxylic acids is 2. The molecule has 7 heteroatoms. The molecule has 4 rings (SSSR count). The van der Waals surface area contributed by atoms with Crippen LogP contribution < -0.4 is 15.4 Å². The Labute approximate surface area is 219 Å². The lowest BCUT2D eigenvalue weighted by Gasteiger charge is -2.36. The highest BCUT2D eigenvalue weighted by atomic mass is 16.5. The van der Waals surface area contributed by atoms with Gasteiger partial charge in [-0.15, -0.1) is 0 Å². The number of aryl methyl sites for hydroxylation is 3. The highest BCUT2D eigenvalue weighted by molar-refractivity contribution is 5.77. The first-order chi connectivity index (χ1) is 17.9. The summed E-state index contributed by atoms with van der Waals surface area (Å²) in [6.45, 7) is 8.08. The van der Waals surface area contributed by atoms with Crippen molar-refractivity contribution in [1.29, 1.82) is 0 Å².